The molecule has 0 aliphatic carbocycles. The lowest BCUT2D eigenvalue weighted by Gasteiger charge is -2.06. The van der Waals surface area contributed by atoms with Gasteiger partial charge in [0.05, 0.1) is 0 Å². The van der Waals surface area contributed by atoms with Crippen LogP contribution in [0.1, 0.15) is 21.5 Å². The maximum atomic E-state index is 11.5. The third-order valence-electron chi connectivity index (χ3n) is 2.18. The molecule has 0 atom stereocenters. The minimum Gasteiger partial charge on any atom is -0.377 e. The summed E-state index contributed by atoms with van der Waals surface area (Å²) in [7, 11) is 1.53. The highest BCUT2D eigenvalue weighted by Gasteiger charge is 2.08. The summed E-state index contributed by atoms with van der Waals surface area (Å²) in [5, 5.41) is 0. The van der Waals surface area contributed by atoms with Crippen molar-refractivity contribution >= 4 is 5.78 Å². The van der Waals surface area contributed by atoms with Crippen molar-refractivity contribution in [1.29, 1.82) is 0 Å². The van der Waals surface area contributed by atoms with Gasteiger partial charge < -0.3 is 4.74 Å². The Morgan fingerprint density at radius 1 is 1.38 bits per heavy atom. The fraction of sp³-hybridized carbons (Fsp3) is 0.364. The van der Waals surface area contributed by atoms with Gasteiger partial charge in [-0.25, -0.2) is 0 Å². The number of Topliss-reactive ketones (excluding diaryl/α,β-unsaturated/α-hetero) is 1. The molecule has 70 valence electrons. The second-order valence-corrected chi connectivity index (χ2v) is 3.10. The molecule has 0 saturated carbocycles. The van der Waals surface area contributed by atoms with Gasteiger partial charge in [0.15, 0.2) is 5.78 Å². The maximum absolute atomic E-state index is 11.5. The van der Waals surface area contributed by atoms with E-state index in [9.17, 15) is 4.79 Å². The van der Waals surface area contributed by atoms with Gasteiger partial charge in [0, 0.05) is 12.7 Å². The Hall–Kier alpha value is -1.15. The van der Waals surface area contributed by atoms with Crippen LogP contribution >= 0.6 is 0 Å². The summed E-state index contributed by atoms with van der Waals surface area (Å²) in [6.45, 7) is 4.11. The topological polar surface area (TPSA) is 26.3 Å². The molecule has 0 amide bonds. The Balaban J connectivity index is 3.01. The van der Waals surface area contributed by atoms with Crippen molar-refractivity contribution in [2.24, 2.45) is 0 Å². The number of ketones is 1. The molecule has 0 heterocycles. The van der Waals surface area contributed by atoms with Crippen LogP contribution in [-0.4, -0.2) is 19.5 Å². The predicted octanol–water partition coefficient (Wildman–Crippen LogP) is 2.13. The Kier molecular flexibility index (Phi) is 3.20. The molecule has 0 bridgehead atoms. The molecule has 0 unspecified atom stereocenters. The SMILES string of the molecule is COCC(=O)c1cccc(C)c1C. The standard InChI is InChI=1S/C11H14O2/c1-8-5-4-6-10(9(8)2)11(12)7-13-3/h4-6H,7H2,1-3H3. The van der Waals surface area contributed by atoms with E-state index in [2.05, 4.69) is 0 Å². The van der Waals surface area contributed by atoms with Crippen LogP contribution in [0, 0.1) is 13.8 Å². The number of aryl methyl sites for hydroxylation is 1. The van der Waals surface area contributed by atoms with Crippen molar-refractivity contribution in [2.45, 2.75) is 13.8 Å². The van der Waals surface area contributed by atoms with Crippen LogP contribution in [0.2, 0.25) is 0 Å². The molecule has 0 radical (unpaired) electrons. The van der Waals surface area contributed by atoms with Crippen LogP contribution in [-0.2, 0) is 4.74 Å². The Bertz CT molecular complexity index is 316. The van der Waals surface area contributed by atoms with Gasteiger partial charge in [0.1, 0.15) is 6.61 Å². The first-order valence-electron chi connectivity index (χ1n) is 4.25. The van der Waals surface area contributed by atoms with Crippen LogP contribution in [0.15, 0.2) is 18.2 Å². The highest BCUT2D eigenvalue weighted by Crippen LogP contribution is 2.13. The number of methoxy groups -OCH3 is 1. The number of ether oxygens (including phenoxy) is 1. The zero-order valence-electron chi connectivity index (χ0n) is 8.26. The smallest absolute Gasteiger partial charge is 0.188 e. The molecule has 0 saturated heterocycles. The lowest BCUT2D eigenvalue weighted by molar-refractivity contribution is 0.0847. The van der Waals surface area contributed by atoms with E-state index in [0.717, 1.165) is 16.7 Å². The molecule has 0 aliphatic heterocycles. The molecular formula is C11H14O2. The van der Waals surface area contributed by atoms with Gasteiger partial charge in [0.2, 0.25) is 0 Å². The third-order valence-corrected chi connectivity index (χ3v) is 2.18. The summed E-state index contributed by atoms with van der Waals surface area (Å²) in [4.78, 5) is 11.5. The number of benzene rings is 1. The van der Waals surface area contributed by atoms with Gasteiger partial charge in [-0.1, -0.05) is 18.2 Å². The van der Waals surface area contributed by atoms with E-state index < -0.39 is 0 Å². The molecule has 13 heavy (non-hydrogen) atoms. The molecule has 1 aromatic rings. The lowest BCUT2D eigenvalue weighted by Crippen LogP contribution is -2.09. The largest absolute Gasteiger partial charge is 0.377 e. The zero-order chi connectivity index (χ0) is 9.84. The van der Waals surface area contributed by atoms with E-state index in [0.29, 0.717) is 0 Å². The van der Waals surface area contributed by atoms with Crippen LogP contribution < -0.4 is 0 Å². The van der Waals surface area contributed by atoms with Crippen LogP contribution in [0.5, 0.6) is 0 Å². The van der Waals surface area contributed by atoms with Gasteiger partial charge in [-0.3, -0.25) is 4.79 Å². The Morgan fingerprint density at radius 3 is 2.69 bits per heavy atom. The maximum Gasteiger partial charge on any atom is 0.188 e. The Morgan fingerprint density at radius 2 is 2.08 bits per heavy atom. The fourth-order valence-corrected chi connectivity index (χ4v) is 1.26. The molecule has 1 rings (SSSR count). The van der Waals surface area contributed by atoms with Crippen molar-refractivity contribution in [3.8, 4) is 0 Å². The van der Waals surface area contributed by atoms with Gasteiger partial charge in [-0.2, -0.15) is 0 Å². The van der Waals surface area contributed by atoms with Crippen LogP contribution in [0.3, 0.4) is 0 Å². The van der Waals surface area contributed by atoms with Gasteiger partial charge in [0.25, 0.3) is 0 Å². The first-order chi connectivity index (χ1) is 6.16. The molecule has 0 aromatic heterocycles. The van der Waals surface area contributed by atoms with Crippen molar-refractivity contribution < 1.29 is 9.53 Å². The number of carbonyl (C=O) groups is 1. The molecule has 0 spiro atoms. The summed E-state index contributed by atoms with van der Waals surface area (Å²) < 4.78 is 4.80. The highest BCUT2D eigenvalue weighted by atomic mass is 16.5. The molecule has 0 aliphatic rings. The van der Waals surface area contributed by atoms with Gasteiger partial charge in [-0.05, 0) is 25.0 Å². The monoisotopic (exact) mass is 178 g/mol. The van der Waals surface area contributed by atoms with Crippen molar-refractivity contribution in [1.82, 2.24) is 0 Å². The van der Waals surface area contributed by atoms with Crippen LogP contribution in [0.4, 0.5) is 0 Å². The first kappa shape index (κ1) is 9.93. The van der Waals surface area contributed by atoms with Crippen LogP contribution in [0.25, 0.3) is 0 Å². The minimum absolute atomic E-state index is 0.0451. The average molecular weight is 178 g/mol. The average Bonchev–Trinajstić information content (AvgIpc) is 2.10. The molecule has 0 N–H and O–H groups in total. The summed E-state index contributed by atoms with van der Waals surface area (Å²) >= 11 is 0. The molecule has 2 nitrogen and oxygen atoms in total. The third kappa shape index (κ3) is 2.16. The lowest BCUT2D eigenvalue weighted by atomic mass is 10.0. The van der Waals surface area contributed by atoms with E-state index >= 15 is 0 Å². The van der Waals surface area contributed by atoms with Crippen molar-refractivity contribution in [3.05, 3.63) is 34.9 Å². The van der Waals surface area contributed by atoms with E-state index in [4.69, 9.17) is 4.74 Å². The summed E-state index contributed by atoms with van der Waals surface area (Å²) in [6.07, 6.45) is 0. The molecule has 2 heteroatoms. The second-order valence-electron chi connectivity index (χ2n) is 3.10. The number of rotatable bonds is 3. The molecular weight excluding hydrogens is 164 g/mol. The molecule has 1 aromatic carbocycles. The van der Waals surface area contributed by atoms with E-state index in [1.165, 1.54) is 7.11 Å². The minimum atomic E-state index is 0.0451. The van der Waals surface area contributed by atoms with Crippen molar-refractivity contribution in [2.75, 3.05) is 13.7 Å². The summed E-state index contributed by atoms with van der Waals surface area (Å²) in [6, 6.07) is 5.73. The Labute approximate surface area is 78.5 Å². The zero-order valence-corrected chi connectivity index (χ0v) is 8.26. The quantitative estimate of drug-likeness (QED) is 0.663. The summed E-state index contributed by atoms with van der Waals surface area (Å²) in [5.41, 5.74) is 2.95. The van der Waals surface area contributed by atoms with Gasteiger partial charge in [-0.15, -0.1) is 0 Å². The van der Waals surface area contributed by atoms with E-state index in [-0.39, 0.29) is 12.4 Å². The summed E-state index contributed by atoms with van der Waals surface area (Å²) in [5.74, 6) is 0.0451. The highest BCUT2D eigenvalue weighted by molar-refractivity contribution is 5.98. The normalized spacial score (nSPS) is 10.1. The fourth-order valence-electron chi connectivity index (χ4n) is 1.26. The number of hydrogen-bond donors (Lipinski definition) is 0. The molecule has 0 fully saturated rings. The van der Waals surface area contributed by atoms with Gasteiger partial charge >= 0.3 is 0 Å². The second kappa shape index (κ2) is 4.19. The van der Waals surface area contributed by atoms with E-state index in [1.54, 1.807) is 0 Å². The number of hydrogen-bond acceptors (Lipinski definition) is 2. The van der Waals surface area contributed by atoms with E-state index in [1.807, 2.05) is 32.0 Å². The number of carbonyl (C=O) groups excluding carboxylic acids is 1. The van der Waals surface area contributed by atoms with Crippen molar-refractivity contribution in [3.63, 3.8) is 0 Å². The first-order valence-corrected chi connectivity index (χ1v) is 4.25. The predicted molar refractivity (Wildman–Crippen MR) is 52.1 cm³/mol.